The number of thioether (sulfide) groups is 1. The highest BCUT2D eigenvalue weighted by Crippen LogP contribution is 2.33. The topological polar surface area (TPSA) is 101 Å². The summed E-state index contributed by atoms with van der Waals surface area (Å²) in [4.78, 5) is 37.5. The van der Waals surface area contributed by atoms with Gasteiger partial charge in [-0.2, -0.15) is 0 Å². The largest absolute Gasteiger partial charge is 0.347 e. The molecule has 0 radical (unpaired) electrons. The number of hydrogen-bond donors (Lipinski definition) is 1. The van der Waals surface area contributed by atoms with E-state index in [9.17, 15) is 22.8 Å². The van der Waals surface area contributed by atoms with Crippen molar-refractivity contribution in [3.05, 3.63) is 51.2 Å². The first-order chi connectivity index (χ1) is 12.2. The van der Waals surface area contributed by atoms with Crippen molar-refractivity contribution in [3.8, 4) is 0 Å². The maximum absolute atomic E-state index is 12.4. The molecule has 2 aliphatic rings. The van der Waals surface area contributed by atoms with Crippen LogP contribution in [0.5, 0.6) is 0 Å². The lowest BCUT2D eigenvalue weighted by Gasteiger charge is -2.14. The number of rotatable bonds is 4. The zero-order valence-corrected chi connectivity index (χ0v) is 15.6. The Morgan fingerprint density at radius 3 is 2.73 bits per heavy atom. The average molecular weight is 413 g/mol. The minimum Gasteiger partial charge on any atom is -0.347 e. The summed E-state index contributed by atoms with van der Waals surface area (Å²) in [5.74, 6) is -1.43. The van der Waals surface area contributed by atoms with Gasteiger partial charge in [0, 0.05) is 10.4 Å². The molecule has 1 fully saturated rings. The molecule has 1 unspecified atom stereocenters. The van der Waals surface area contributed by atoms with Gasteiger partial charge in [0.2, 0.25) is 5.91 Å². The fourth-order valence-electron chi connectivity index (χ4n) is 2.43. The first kappa shape index (κ1) is 18.7. The van der Waals surface area contributed by atoms with Crippen LogP contribution >= 0.6 is 23.4 Å². The van der Waals surface area contributed by atoms with E-state index in [1.54, 1.807) is 24.3 Å². The van der Waals surface area contributed by atoms with Gasteiger partial charge < -0.3 is 5.32 Å². The van der Waals surface area contributed by atoms with Gasteiger partial charge in [0.1, 0.15) is 6.54 Å². The van der Waals surface area contributed by atoms with Crippen LogP contribution < -0.4 is 5.32 Å². The monoisotopic (exact) mass is 412 g/mol. The van der Waals surface area contributed by atoms with Gasteiger partial charge in [-0.05, 0) is 35.5 Å². The van der Waals surface area contributed by atoms with E-state index < -0.39 is 39.5 Å². The Morgan fingerprint density at radius 2 is 2.08 bits per heavy atom. The zero-order valence-electron chi connectivity index (χ0n) is 13.2. The molecule has 1 aromatic carbocycles. The number of nitrogens with zero attached hydrogens (tertiary/aromatic N) is 1. The van der Waals surface area contributed by atoms with Crippen LogP contribution in [0.4, 0.5) is 4.79 Å². The van der Waals surface area contributed by atoms with Crippen molar-refractivity contribution in [1.82, 2.24) is 10.2 Å². The van der Waals surface area contributed by atoms with Gasteiger partial charge in [-0.25, -0.2) is 8.42 Å². The molecule has 1 N–H and O–H groups in total. The molecule has 10 heteroatoms. The number of carbonyl (C=O) groups is 3. The lowest BCUT2D eigenvalue weighted by atomic mass is 10.2. The van der Waals surface area contributed by atoms with Crippen LogP contribution in [0.2, 0.25) is 5.02 Å². The van der Waals surface area contributed by atoms with Gasteiger partial charge in [-0.1, -0.05) is 29.8 Å². The first-order valence-electron chi connectivity index (χ1n) is 7.45. The van der Waals surface area contributed by atoms with Gasteiger partial charge >= 0.3 is 0 Å². The second-order valence-electron chi connectivity index (χ2n) is 5.62. The van der Waals surface area contributed by atoms with E-state index in [4.69, 9.17) is 11.6 Å². The fraction of sp³-hybridized carbons (Fsp3) is 0.188. The van der Waals surface area contributed by atoms with Gasteiger partial charge in [0.05, 0.1) is 16.7 Å². The standard InChI is InChI=1S/C16H13ClN2O5S2/c17-12-4-2-1-3-10(12)7-13-15(21)19(16(22)25-13)8-14(20)18-11-5-6-26(23,24)9-11/h1-7,11H,8-9H2,(H,18,20)/b13-7-. The van der Waals surface area contributed by atoms with E-state index >= 15 is 0 Å². The molecule has 1 atom stereocenters. The Kier molecular flexibility index (Phi) is 5.22. The van der Waals surface area contributed by atoms with Crippen LogP contribution in [-0.2, 0) is 19.4 Å². The molecule has 0 spiro atoms. The first-order valence-corrected chi connectivity index (χ1v) is 10.4. The summed E-state index contributed by atoms with van der Waals surface area (Å²) in [7, 11) is -3.31. The third kappa shape index (κ3) is 4.17. The van der Waals surface area contributed by atoms with Crippen molar-refractivity contribution in [3.63, 3.8) is 0 Å². The second kappa shape index (κ2) is 7.26. The summed E-state index contributed by atoms with van der Waals surface area (Å²) in [5.41, 5.74) is 0.588. The van der Waals surface area contributed by atoms with Gasteiger partial charge in [-0.15, -0.1) is 0 Å². The molecule has 0 aromatic heterocycles. The third-order valence-electron chi connectivity index (χ3n) is 3.64. The summed E-state index contributed by atoms with van der Waals surface area (Å²) in [6, 6.07) is 6.20. The molecule has 26 heavy (non-hydrogen) atoms. The van der Waals surface area contributed by atoms with Gasteiger partial charge in [0.15, 0.2) is 9.84 Å². The second-order valence-corrected chi connectivity index (χ2v) is 8.95. The molecule has 1 aromatic rings. The minimum atomic E-state index is -3.31. The Morgan fingerprint density at radius 1 is 1.35 bits per heavy atom. The van der Waals surface area contributed by atoms with Crippen molar-refractivity contribution in [2.75, 3.05) is 12.3 Å². The van der Waals surface area contributed by atoms with Gasteiger partial charge in [-0.3, -0.25) is 19.3 Å². The Labute approximate surface area is 159 Å². The number of benzene rings is 1. The van der Waals surface area contributed by atoms with Gasteiger partial charge in [0.25, 0.3) is 11.1 Å². The van der Waals surface area contributed by atoms with Crippen molar-refractivity contribution in [1.29, 1.82) is 0 Å². The predicted octanol–water partition coefficient (Wildman–Crippen LogP) is 1.80. The highest BCUT2D eigenvalue weighted by molar-refractivity contribution is 8.18. The quantitative estimate of drug-likeness (QED) is 0.757. The van der Waals surface area contributed by atoms with E-state index in [1.165, 1.54) is 12.2 Å². The number of nitrogens with one attached hydrogen (secondary N) is 1. The molecule has 0 aliphatic carbocycles. The number of amides is 3. The molecule has 7 nitrogen and oxygen atoms in total. The van der Waals surface area contributed by atoms with Crippen LogP contribution in [-0.4, -0.2) is 48.7 Å². The van der Waals surface area contributed by atoms with Crippen molar-refractivity contribution < 1.29 is 22.8 Å². The summed E-state index contributed by atoms with van der Waals surface area (Å²) in [6.07, 6.45) is 2.86. The molecule has 2 aliphatic heterocycles. The molecular weight excluding hydrogens is 400 g/mol. The minimum absolute atomic E-state index is 0.166. The van der Waals surface area contributed by atoms with Crippen molar-refractivity contribution in [2.45, 2.75) is 6.04 Å². The van der Waals surface area contributed by atoms with Crippen LogP contribution in [0.3, 0.4) is 0 Å². The Bertz CT molecular complexity index is 955. The highest BCUT2D eigenvalue weighted by Gasteiger charge is 2.37. The molecule has 0 saturated carbocycles. The average Bonchev–Trinajstić information content (AvgIpc) is 3.03. The maximum atomic E-state index is 12.4. The molecule has 3 rings (SSSR count). The van der Waals surface area contributed by atoms with E-state index in [0.29, 0.717) is 10.6 Å². The van der Waals surface area contributed by atoms with Crippen LogP contribution in [0.1, 0.15) is 5.56 Å². The van der Waals surface area contributed by atoms with Crippen molar-refractivity contribution in [2.24, 2.45) is 0 Å². The summed E-state index contributed by atoms with van der Waals surface area (Å²) < 4.78 is 22.7. The number of imide groups is 1. The van der Waals surface area contributed by atoms with E-state index in [0.717, 1.165) is 22.1 Å². The van der Waals surface area contributed by atoms with Crippen molar-refractivity contribution >= 4 is 56.3 Å². The van der Waals surface area contributed by atoms with E-state index in [2.05, 4.69) is 5.32 Å². The number of halogens is 1. The number of sulfone groups is 1. The highest BCUT2D eigenvalue weighted by atomic mass is 35.5. The van der Waals surface area contributed by atoms with E-state index in [1.807, 2.05) is 0 Å². The van der Waals surface area contributed by atoms with Crippen LogP contribution in [0.15, 0.2) is 40.7 Å². The molecule has 136 valence electrons. The lowest BCUT2D eigenvalue weighted by molar-refractivity contribution is -0.129. The SMILES string of the molecule is O=C(CN1C(=O)S/C(=C\c2ccccc2Cl)C1=O)NC1C=CS(=O)(=O)C1. The number of hydrogen-bond acceptors (Lipinski definition) is 6. The molecular formula is C16H13ClN2O5S2. The molecule has 3 amide bonds. The number of carbonyl (C=O) groups excluding carboxylic acids is 3. The summed E-state index contributed by atoms with van der Waals surface area (Å²) in [6.45, 7) is -0.477. The van der Waals surface area contributed by atoms with Crippen LogP contribution in [0, 0.1) is 0 Å². The predicted molar refractivity (Wildman–Crippen MR) is 99.0 cm³/mol. The van der Waals surface area contributed by atoms with Crippen LogP contribution in [0.25, 0.3) is 6.08 Å². The molecule has 1 saturated heterocycles. The summed E-state index contributed by atoms with van der Waals surface area (Å²) >= 11 is 6.76. The summed E-state index contributed by atoms with van der Waals surface area (Å²) in [5, 5.41) is 3.37. The Hall–Kier alpha value is -2.10. The fourth-order valence-corrected chi connectivity index (χ4v) is 4.69. The maximum Gasteiger partial charge on any atom is 0.294 e. The third-order valence-corrected chi connectivity index (χ3v) is 6.29. The lowest BCUT2D eigenvalue weighted by Crippen LogP contribution is -2.43. The van der Waals surface area contributed by atoms with E-state index in [-0.39, 0.29) is 10.7 Å². The molecule has 2 heterocycles. The normalized spacial score (nSPS) is 23.0. The Balaban J connectivity index is 1.67. The smallest absolute Gasteiger partial charge is 0.294 e. The zero-order chi connectivity index (χ0) is 18.9. The molecule has 0 bridgehead atoms.